The first-order chi connectivity index (χ1) is 8.74. The first kappa shape index (κ1) is 11.5. The van der Waals surface area contributed by atoms with Gasteiger partial charge in [0.2, 0.25) is 0 Å². The Balaban J connectivity index is 2.26. The van der Waals surface area contributed by atoms with Crippen molar-refractivity contribution in [1.82, 2.24) is 0 Å². The van der Waals surface area contributed by atoms with Crippen LogP contribution in [0.4, 0.5) is 0 Å². The first-order valence-corrected chi connectivity index (χ1v) is 7.73. The molecule has 1 unspecified atom stereocenters. The summed E-state index contributed by atoms with van der Waals surface area (Å²) >= 11 is 0. The Kier molecular flexibility index (Phi) is 2.73. The lowest BCUT2D eigenvalue weighted by Crippen LogP contribution is -2.22. The van der Waals surface area contributed by atoms with Gasteiger partial charge in [0.25, 0.3) is 7.37 Å². The molecule has 3 nitrogen and oxygen atoms in total. The van der Waals surface area contributed by atoms with Crippen LogP contribution < -0.4 is 15.6 Å². The van der Waals surface area contributed by atoms with Gasteiger partial charge in [0.1, 0.15) is 5.75 Å². The lowest BCUT2D eigenvalue weighted by atomic mass is 10.0. The fraction of sp³-hybridized carbons (Fsp3) is 0.143. The summed E-state index contributed by atoms with van der Waals surface area (Å²) in [6, 6.07) is 15.4. The maximum absolute atomic E-state index is 12.9. The molecule has 4 heteroatoms. The van der Waals surface area contributed by atoms with E-state index < -0.39 is 7.37 Å². The SMILES string of the molecule is NCCP1(=O)Oc2ccccc2-c2ccccc21. The summed E-state index contributed by atoms with van der Waals surface area (Å²) in [4.78, 5) is 0. The normalized spacial score (nSPS) is 20.7. The van der Waals surface area contributed by atoms with Gasteiger partial charge >= 0.3 is 0 Å². The predicted octanol–water partition coefficient (Wildman–Crippen LogP) is 2.61. The Labute approximate surface area is 106 Å². The summed E-state index contributed by atoms with van der Waals surface area (Å²) in [5, 5.41) is 0.786. The lowest BCUT2D eigenvalue weighted by molar-refractivity contribution is 0.491. The average molecular weight is 259 g/mol. The van der Waals surface area contributed by atoms with Crippen LogP contribution in [0.5, 0.6) is 5.75 Å². The fourth-order valence-electron chi connectivity index (χ4n) is 2.31. The van der Waals surface area contributed by atoms with Gasteiger partial charge < -0.3 is 10.3 Å². The Morgan fingerprint density at radius 3 is 2.44 bits per heavy atom. The average Bonchev–Trinajstić information content (AvgIpc) is 2.39. The van der Waals surface area contributed by atoms with Gasteiger partial charge in [-0.3, -0.25) is 4.57 Å². The molecule has 3 rings (SSSR count). The van der Waals surface area contributed by atoms with Crippen LogP contribution in [0.3, 0.4) is 0 Å². The summed E-state index contributed by atoms with van der Waals surface area (Å²) in [7, 11) is -2.86. The monoisotopic (exact) mass is 259 g/mol. The summed E-state index contributed by atoms with van der Waals surface area (Å²) < 4.78 is 18.7. The van der Waals surface area contributed by atoms with E-state index in [0.717, 1.165) is 16.4 Å². The van der Waals surface area contributed by atoms with Gasteiger partial charge in [-0.25, -0.2) is 0 Å². The molecule has 0 radical (unpaired) electrons. The smallest absolute Gasteiger partial charge is 0.279 e. The molecular formula is C14H14NO2P. The van der Waals surface area contributed by atoms with Crippen LogP contribution in [0, 0.1) is 0 Å². The third-order valence-electron chi connectivity index (χ3n) is 3.12. The Bertz CT molecular complexity index is 639. The number of hydrogen-bond donors (Lipinski definition) is 1. The second-order valence-corrected chi connectivity index (χ2v) is 6.75. The highest BCUT2D eigenvalue weighted by atomic mass is 31.2. The first-order valence-electron chi connectivity index (χ1n) is 5.92. The third-order valence-corrected chi connectivity index (χ3v) is 5.58. The van der Waals surface area contributed by atoms with Gasteiger partial charge in [0.05, 0.1) is 11.5 Å². The zero-order valence-electron chi connectivity index (χ0n) is 9.87. The van der Waals surface area contributed by atoms with Crippen LogP contribution in [0.15, 0.2) is 48.5 Å². The molecule has 0 saturated heterocycles. The van der Waals surface area contributed by atoms with Crippen LogP contribution in [-0.4, -0.2) is 12.7 Å². The highest BCUT2D eigenvalue weighted by Crippen LogP contribution is 2.53. The maximum atomic E-state index is 12.9. The fourth-order valence-corrected chi connectivity index (χ4v) is 4.43. The lowest BCUT2D eigenvalue weighted by Gasteiger charge is -2.28. The van der Waals surface area contributed by atoms with Gasteiger partial charge in [-0.1, -0.05) is 36.4 Å². The molecule has 92 valence electrons. The van der Waals surface area contributed by atoms with Crippen LogP contribution in [0.25, 0.3) is 11.1 Å². The second kappa shape index (κ2) is 4.27. The van der Waals surface area contributed by atoms with E-state index in [1.807, 2.05) is 48.5 Å². The van der Waals surface area contributed by atoms with Gasteiger partial charge in [0, 0.05) is 12.1 Å². The number of benzene rings is 2. The standard InChI is InChI=1S/C14H14NO2P/c15-9-10-18(16)14-8-4-2-6-12(14)11-5-1-3-7-13(11)17-18/h1-8H,9-10,15H2. The number of hydrogen-bond acceptors (Lipinski definition) is 3. The topological polar surface area (TPSA) is 52.3 Å². The quantitative estimate of drug-likeness (QED) is 0.843. The molecule has 0 saturated carbocycles. The minimum Gasteiger partial charge on any atom is -0.439 e. The van der Waals surface area contributed by atoms with Crippen molar-refractivity contribution >= 4 is 12.7 Å². The number of fused-ring (bicyclic) bond motifs is 3. The van der Waals surface area contributed by atoms with Crippen molar-refractivity contribution in [2.45, 2.75) is 0 Å². The highest BCUT2D eigenvalue weighted by molar-refractivity contribution is 7.67. The van der Waals surface area contributed by atoms with E-state index in [2.05, 4.69) is 0 Å². The van der Waals surface area contributed by atoms with Crippen LogP contribution in [0.2, 0.25) is 0 Å². The van der Waals surface area contributed by atoms with Crippen molar-refractivity contribution in [1.29, 1.82) is 0 Å². The summed E-state index contributed by atoms with van der Waals surface area (Å²) in [5.74, 6) is 0.688. The maximum Gasteiger partial charge on any atom is 0.279 e. The summed E-state index contributed by atoms with van der Waals surface area (Å²) in [6.45, 7) is 0.355. The second-order valence-electron chi connectivity index (χ2n) is 4.29. The Hall–Kier alpha value is -1.57. The zero-order valence-corrected chi connectivity index (χ0v) is 10.8. The summed E-state index contributed by atoms with van der Waals surface area (Å²) in [5.41, 5.74) is 7.56. The molecule has 1 atom stereocenters. The van der Waals surface area contributed by atoms with E-state index in [9.17, 15) is 4.57 Å². The Morgan fingerprint density at radius 2 is 1.67 bits per heavy atom. The van der Waals surface area contributed by atoms with Crippen LogP contribution in [-0.2, 0) is 4.57 Å². The van der Waals surface area contributed by atoms with Gasteiger partial charge in [0.15, 0.2) is 0 Å². The van der Waals surface area contributed by atoms with E-state index in [1.54, 1.807) is 0 Å². The number of nitrogens with two attached hydrogens (primary N) is 1. The number of para-hydroxylation sites is 1. The predicted molar refractivity (Wildman–Crippen MR) is 73.7 cm³/mol. The molecule has 2 aromatic carbocycles. The molecule has 0 spiro atoms. The molecule has 1 heterocycles. The molecule has 2 N–H and O–H groups in total. The molecule has 0 bridgehead atoms. The molecule has 0 aliphatic carbocycles. The minimum atomic E-state index is -2.86. The van der Waals surface area contributed by atoms with E-state index in [4.69, 9.17) is 10.3 Å². The van der Waals surface area contributed by atoms with Gasteiger partial charge in [-0.2, -0.15) is 0 Å². The van der Waals surface area contributed by atoms with Crippen molar-refractivity contribution in [2.24, 2.45) is 5.73 Å². The molecule has 2 aromatic rings. The van der Waals surface area contributed by atoms with Crippen molar-refractivity contribution in [3.8, 4) is 16.9 Å². The van der Waals surface area contributed by atoms with Crippen LogP contribution >= 0.6 is 7.37 Å². The molecular weight excluding hydrogens is 245 g/mol. The molecule has 1 aliphatic heterocycles. The minimum absolute atomic E-state index is 0.355. The molecule has 0 fully saturated rings. The zero-order chi connectivity index (χ0) is 12.6. The van der Waals surface area contributed by atoms with Crippen molar-refractivity contribution in [3.63, 3.8) is 0 Å². The van der Waals surface area contributed by atoms with E-state index in [1.165, 1.54) is 0 Å². The molecule has 0 aromatic heterocycles. The van der Waals surface area contributed by atoms with Crippen molar-refractivity contribution in [2.75, 3.05) is 12.7 Å². The number of rotatable bonds is 2. The Morgan fingerprint density at radius 1 is 1.00 bits per heavy atom. The van der Waals surface area contributed by atoms with Crippen molar-refractivity contribution < 1.29 is 9.09 Å². The summed E-state index contributed by atoms with van der Waals surface area (Å²) in [6.07, 6.45) is 0.373. The largest absolute Gasteiger partial charge is 0.439 e. The van der Waals surface area contributed by atoms with Gasteiger partial charge in [-0.15, -0.1) is 0 Å². The molecule has 1 aliphatic rings. The van der Waals surface area contributed by atoms with E-state index >= 15 is 0 Å². The molecule has 0 amide bonds. The van der Waals surface area contributed by atoms with Gasteiger partial charge in [-0.05, 0) is 17.7 Å². The van der Waals surface area contributed by atoms with Crippen LogP contribution in [0.1, 0.15) is 0 Å². The van der Waals surface area contributed by atoms with E-state index in [-0.39, 0.29) is 0 Å². The van der Waals surface area contributed by atoms with E-state index in [0.29, 0.717) is 18.5 Å². The highest BCUT2D eigenvalue weighted by Gasteiger charge is 2.34. The third kappa shape index (κ3) is 1.67. The van der Waals surface area contributed by atoms with Crippen molar-refractivity contribution in [3.05, 3.63) is 48.5 Å². The molecule has 18 heavy (non-hydrogen) atoms.